The fourth-order valence-corrected chi connectivity index (χ4v) is 2.66. The van der Waals surface area contributed by atoms with Gasteiger partial charge in [0, 0.05) is 0 Å². The van der Waals surface area contributed by atoms with Crippen molar-refractivity contribution in [2.75, 3.05) is 13.7 Å². The highest BCUT2D eigenvalue weighted by molar-refractivity contribution is 6.05. The normalized spacial score (nSPS) is 10.4. The SMILES string of the molecule is CCOC(=O)c1ccc(OC)c(OC(=O)c2cccc3ccccc23)c1. The predicted octanol–water partition coefficient (Wildman–Crippen LogP) is 4.24. The van der Waals surface area contributed by atoms with Crippen LogP contribution in [0.2, 0.25) is 0 Å². The molecule has 3 rings (SSSR count). The molecule has 0 aliphatic carbocycles. The highest BCUT2D eigenvalue weighted by Crippen LogP contribution is 2.30. The Balaban J connectivity index is 1.95. The Kier molecular flexibility index (Phi) is 5.17. The first-order valence-electron chi connectivity index (χ1n) is 8.19. The van der Waals surface area contributed by atoms with Crippen molar-refractivity contribution >= 4 is 22.7 Å². The molecule has 0 spiro atoms. The van der Waals surface area contributed by atoms with E-state index in [1.165, 1.54) is 13.2 Å². The largest absolute Gasteiger partial charge is 0.493 e. The van der Waals surface area contributed by atoms with Crippen molar-refractivity contribution in [3.8, 4) is 11.5 Å². The third-order valence-corrected chi connectivity index (χ3v) is 3.89. The highest BCUT2D eigenvalue weighted by Gasteiger charge is 2.17. The molecule has 0 aliphatic rings. The maximum Gasteiger partial charge on any atom is 0.344 e. The fraction of sp³-hybridized carbons (Fsp3) is 0.143. The summed E-state index contributed by atoms with van der Waals surface area (Å²) in [4.78, 5) is 24.6. The van der Waals surface area contributed by atoms with Crippen LogP contribution in [0.15, 0.2) is 60.7 Å². The van der Waals surface area contributed by atoms with Gasteiger partial charge in [-0.1, -0.05) is 36.4 Å². The number of rotatable bonds is 5. The highest BCUT2D eigenvalue weighted by atomic mass is 16.6. The molecule has 0 aromatic heterocycles. The molecule has 0 atom stereocenters. The Hall–Kier alpha value is -3.34. The first-order valence-corrected chi connectivity index (χ1v) is 8.19. The van der Waals surface area contributed by atoms with Gasteiger partial charge in [0.25, 0.3) is 0 Å². The quantitative estimate of drug-likeness (QED) is 0.509. The van der Waals surface area contributed by atoms with Gasteiger partial charge in [-0.05, 0) is 42.0 Å². The van der Waals surface area contributed by atoms with Gasteiger partial charge in [-0.25, -0.2) is 9.59 Å². The first-order chi connectivity index (χ1) is 12.6. The van der Waals surface area contributed by atoms with Gasteiger partial charge in [0.2, 0.25) is 0 Å². The lowest BCUT2D eigenvalue weighted by atomic mass is 10.0. The van der Waals surface area contributed by atoms with E-state index in [-0.39, 0.29) is 17.9 Å². The smallest absolute Gasteiger partial charge is 0.344 e. The van der Waals surface area contributed by atoms with Gasteiger partial charge in [0.05, 0.1) is 24.8 Å². The van der Waals surface area contributed by atoms with E-state index in [9.17, 15) is 9.59 Å². The number of carbonyl (C=O) groups excluding carboxylic acids is 2. The van der Waals surface area contributed by atoms with Gasteiger partial charge in [-0.2, -0.15) is 0 Å². The third kappa shape index (κ3) is 3.52. The maximum absolute atomic E-state index is 12.7. The Labute approximate surface area is 151 Å². The first kappa shape index (κ1) is 17.5. The monoisotopic (exact) mass is 350 g/mol. The summed E-state index contributed by atoms with van der Waals surface area (Å²) in [5, 5.41) is 1.73. The van der Waals surface area contributed by atoms with Crippen LogP contribution in [0, 0.1) is 0 Å². The lowest BCUT2D eigenvalue weighted by molar-refractivity contribution is 0.0524. The van der Waals surface area contributed by atoms with Crippen molar-refractivity contribution in [1.82, 2.24) is 0 Å². The number of carbonyl (C=O) groups is 2. The van der Waals surface area contributed by atoms with Gasteiger partial charge in [0.1, 0.15) is 0 Å². The summed E-state index contributed by atoms with van der Waals surface area (Å²) in [7, 11) is 1.47. The zero-order valence-electron chi connectivity index (χ0n) is 14.5. The summed E-state index contributed by atoms with van der Waals surface area (Å²) in [6.45, 7) is 1.98. The minimum atomic E-state index is -0.527. The van der Waals surface area contributed by atoms with Crippen LogP contribution in [0.1, 0.15) is 27.6 Å². The summed E-state index contributed by atoms with van der Waals surface area (Å²) in [6.07, 6.45) is 0. The second kappa shape index (κ2) is 7.70. The summed E-state index contributed by atoms with van der Waals surface area (Å²) >= 11 is 0. The van der Waals surface area contributed by atoms with Crippen molar-refractivity contribution < 1.29 is 23.8 Å². The summed E-state index contributed by atoms with van der Waals surface area (Å²) < 4.78 is 15.7. The van der Waals surface area contributed by atoms with Gasteiger partial charge in [-0.15, -0.1) is 0 Å². The van der Waals surface area contributed by atoms with Gasteiger partial charge in [-0.3, -0.25) is 0 Å². The molecule has 0 heterocycles. The molecule has 0 saturated carbocycles. The van der Waals surface area contributed by atoms with E-state index in [1.807, 2.05) is 30.3 Å². The predicted molar refractivity (Wildman–Crippen MR) is 97.9 cm³/mol. The Morgan fingerprint density at radius 1 is 0.885 bits per heavy atom. The molecule has 0 amide bonds. The molecule has 0 bridgehead atoms. The molecule has 5 nitrogen and oxygen atoms in total. The lowest BCUT2D eigenvalue weighted by Crippen LogP contribution is -2.11. The molecule has 132 valence electrons. The van der Waals surface area contributed by atoms with Crippen molar-refractivity contribution in [2.45, 2.75) is 6.92 Å². The minimum absolute atomic E-state index is 0.163. The zero-order valence-corrected chi connectivity index (χ0v) is 14.5. The van der Waals surface area contributed by atoms with Crippen molar-refractivity contribution in [3.63, 3.8) is 0 Å². The maximum atomic E-state index is 12.7. The molecule has 0 saturated heterocycles. The van der Waals surface area contributed by atoms with Crippen LogP contribution < -0.4 is 9.47 Å². The molecular formula is C21H18O5. The van der Waals surface area contributed by atoms with Crippen molar-refractivity contribution in [1.29, 1.82) is 0 Å². The topological polar surface area (TPSA) is 61.8 Å². The molecule has 0 radical (unpaired) electrons. The molecule has 26 heavy (non-hydrogen) atoms. The van der Waals surface area contributed by atoms with Crippen LogP contribution in [0.25, 0.3) is 10.8 Å². The molecule has 0 unspecified atom stereocenters. The molecule has 3 aromatic rings. The molecule has 3 aromatic carbocycles. The van der Waals surface area contributed by atoms with E-state index >= 15 is 0 Å². The Bertz CT molecular complexity index is 956. The molecule has 0 N–H and O–H groups in total. The average Bonchev–Trinajstić information content (AvgIpc) is 2.67. The van der Waals surface area contributed by atoms with E-state index in [2.05, 4.69) is 0 Å². The average molecular weight is 350 g/mol. The summed E-state index contributed by atoms with van der Waals surface area (Å²) in [5.41, 5.74) is 0.722. The second-order valence-electron chi connectivity index (χ2n) is 5.50. The van der Waals surface area contributed by atoms with E-state index in [1.54, 1.807) is 31.2 Å². The Morgan fingerprint density at radius 3 is 2.42 bits per heavy atom. The zero-order chi connectivity index (χ0) is 18.5. The van der Waals surface area contributed by atoms with Crippen LogP contribution in [0.4, 0.5) is 0 Å². The van der Waals surface area contributed by atoms with Crippen LogP contribution in [-0.2, 0) is 4.74 Å². The molecule has 0 aliphatic heterocycles. The molecular weight excluding hydrogens is 332 g/mol. The van der Waals surface area contributed by atoms with E-state index in [0.29, 0.717) is 11.3 Å². The van der Waals surface area contributed by atoms with Crippen molar-refractivity contribution in [3.05, 3.63) is 71.8 Å². The Morgan fingerprint density at radius 2 is 1.65 bits per heavy atom. The lowest BCUT2D eigenvalue weighted by Gasteiger charge is -2.12. The number of ether oxygens (including phenoxy) is 3. The van der Waals surface area contributed by atoms with Crippen LogP contribution in [0.3, 0.4) is 0 Å². The van der Waals surface area contributed by atoms with E-state index < -0.39 is 11.9 Å². The van der Waals surface area contributed by atoms with E-state index in [0.717, 1.165) is 10.8 Å². The number of fused-ring (bicyclic) bond motifs is 1. The fourth-order valence-electron chi connectivity index (χ4n) is 2.66. The number of hydrogen-bond donors (Lipinski definition) is 0. The van der Waals surface area contributed by atoms with Crippen LogP contribution >= 0.6 is 0 Å². The summed E-state index contributed by atoms with van der Waals surface area (Å²) in [6, 6.07) is 17.5. The second-order valence-corrected chi connectivity index (χ2v) is 5.50. The van der Waals surface area contributed by atoms with Gasteiger partial charge >= 0.3 is 11.9 Å². The number of benzene rings is 3. The number of methoxy groups -OCH3 is 1. The molecule has 0 fully saturated rings. The van der Waals surface area contributed by atoms with E-state index in [4.69, 9.17) is 14.2 Å². The van der Waals surface area contributed by atoms with Crippen molar-refractivity contribution in [2.24, 2.45) is 0 Å². The van der Waals surface area contributed by atoms with Gasteiger partial charge < -0.3 is 14.2 Å². The van der Waals surface area contributed by atoms with Crippen LogP contribution in [0.5, 0.6) is 11.5 Å². The number of hydrogen-bond acceptors (Lipinski definition) is 5. The minimum Gasteiger partial charge on any atom is -0.493 e. The standard InChI is InChI=1S/C21H18O5/c1-3-25-20(22)15-11-12-18(24-2)19(13-15)26-21(23)17-10-6-8-14-7-4-5-9-16(14)17/h4-13H,3H2,1-2H3. The van der Waals surface area contributed by atoms with Gasteiger partial charge in [0.15, 0.2) is 11.5 Å². The van der Waals surface area contributed by atoms with Crippen LogP contribution in [-0.4, -0.2) is 25.7 Å². The summed E-state index contributed by atoms with van der Waals surface area (Å²) in [5.74, 6) is -0.499. The number of esters is 2. The molecule has 5 heteroatoms. The third-order valence-electron chi connectivity index (χ3n) is 3.89.